The number of likely N-dealkylation sites (tertiary alicyclic amines) is 2. The zero-order valence-corrected chi connectivity index (χ0v) is 15.3. The number of ether oxygens (including phenoxy) is 1. The summed E-state index contributed by atoms with van der Waals surface area (Å²) >= 11 is 0. The molecule has 1 atom stereocenters. The molecule has 0 saturated carbocycles. The fourth-order valence-electron chi connectivity index (χ4n) is 4.49. The zero-order valence-electron chi connectivity index (χ0n) is 15.3. The Morgan fingerprint density at radius 2 is 1.75 bits per heavy atom. The Balaban J connectivity index is 1.52. The van der Waals surface area contributed by atoms with Gasteiger partial charge in [-0.25, -0.2) is 0 Å². The van der Waals surface area contributed by atoms with Crippen LogP contribution in [0.3, 0.4) is 0 Å². The van der Waals surface area contributed by atoms with Crippen LogP contribution in [0.5, 0.6) is 0 Å². The van der Waals surface area contributed by atoms with Crippen molar-refractivity contribution in [3.63, 3.8) is 0 Å². The Hall–Kier alpha value is -1.10. The molecule has 5 nitrogen and oxygen atoms in total. The average molecular weight is 336 g/mol. The van der Waals surface area contributed by atoms with Gasteiger partial charge in [0.25, 0.3) is 0 Å². The van der Waals surface area contributed by atoms with Crippen molar-refractivity contribution in [1.82, 2.24) is 9.80 Å². The first-order chi connectivity index (χ1) is 11.5. The van der Waals surface area contributed by atoms with Crippen LogP contribution < -0.4 is 0 Å². The Morgan fingerprint density at radius 1 is 1.08 bits per heavy atom. The standard InChI is InChI=1S/C19H32N2O3/c1-15(2)18(23)21-10-6-19(7-11-21)14-16(5-12-24-19)13-17(22)20-8-3-4-9-20/h15-16H,3-14H2,1-2H3. The summed E-state index contributed by atoms with van der Waals surface area (Å²) in [6, 6.07) is 0. The number of piperidine rings is 1. The molecule has 3 aliphatic heterocycles. The van der Waals surface area contributed by atoms with Crippen molar-refractivity contribution in [2.45, 2.75) is 64.4 Å². The number of hydrogen-bond acceptors (Lipinski definition) is 3. The van der Waals surface area contributed by atoms with Crippen LogP contribution in [-0.4, -0.2) is 60.0 Å². The van der Waals surface area contributed by atoms with Gasteiger partial charge < -0.3 is 14.5 Å². The summed E-state index contributed by atoms with van der Waals surface area (Å²) in [5.74, 6) is 1.10. The second kappa shape index (κ2) is 7.42. The third kappa shape index (κ3) is 3.93. The number of rotatable bonds is 3. The summed E-state index contributed by atoms with van der Waals surface area (Å²) < 4.78 is 6.17. The molecule has 0 N–H and O–H groups in total. The number of amides is 2. The van der Waals surface area contributed by atoms with Gasteiger partial charge in [-0.1, -0.05) is 13.8 Å². The van der Waals surface area contributed by atoms with Crippen LogP contribution in [0.1, 0.15) is 58.8 Å². The monoisotopic (exact) mass is 336 g/mol. The van der Waals surface area contributed by atoms with E-state index in [-0.39, 0.29) is 17.4 Å². The highest BCUT2D eigenvalue weighted by molar-refractivity contribution is 5.78. The van der Waals surface area contributed by atoms with Crippen LogP contribution in [0, 0.1) is 11.8 Å². The van der Waals surface area contributed by atoms with E-state index < -0.39 is 0 Å². The van der Waals surface area contributed by atoms with Crippen molar-refractivity contribution in [2.75, 3.05) is 32.8 Å². The number of hydrogen-bond donors (Lipinski definition) is 0. The molecule has 0 bridgehead atoms. The lowest BCUT2D eigenvalue weighted by Gasteiger charge is -2.46. The molecule has 0 aromatic carbocycles. The van der Waals surface area contributed by atoms with Crippen molar-refractivity contribution < 1.29 is 14.3 Å². The van der Waals surface area contributed by atoms with E-state index in [4.69, 9.17) is 4.74 Å². The minimum absolute atomic E-state index is 0.0668. The summed E-state index contributed by atoms with van der Waals surface area (Å²) in [5.41, 5.74) is -0.0953. The van der Waals surface area contributed by atoms with Crippen LogP contribution >= 0.6 is 0 Å². The lowest BCUT2D eigenvalue weighted by molar-refractivity contribution is -0.151. The molecule has 24 heavy (non-hydrogen) atoms. The van der Waals surface area contributed by atoms with Crippen LogP contribution in [-0.2, 0) is 14.3 Å². The van der Waals surface area contributed by atoms with Crippen molar-refractivity contribution in [2.24, 2.45) is 11.8 Å². The first kappa shape index (κ1) is 17.7. The van der Waals surface area contributed by atoms with Crippen LogP contribution in [0.25, 0.3) is 0 Å². The highest BCUT2D eigenvalue weighted by Gasteiger charge is 2.42. The fraction of sp³-hybridized carbons (Fsp3) is 0.895. The highest BCUT2D eigenvalue weighted by atomic mass is 16.5. The predicted molar refractivity (Wildman–Crippen MR) is 92.5 cm³/mol. The molecule has 3 heterocycles. The van der Waals surface area contributed by atoms with Crippen molar-refractivity contribution in [3.05, 3.63) is 0 Å². The number of carbonyl (C=O) groups is 2. The molecule has 0 radical (unpaired) electrons. The van der Waals surface area contributed by atoms with Crippen LogP contribution in [0.2, 0.25) is 0 Å². The Kier molecular flexibility index (Phi) is 5.48. The summed E-state index contributed by atoms with van der Waals surface area (Å²) in [7, 11) is 0. The van der Waals surface area contributed by atoms with Crippen molar-refractivity contribution >= 4 is 11.8 Å². The molecule has 3 aliphatic rings. The van der Waals surface area contributed by atoms with Crippen LogP contribution in [0.4, 0.5) is 0 Å². The third-order valence-corrected chi connectivity index (χ3v) is 6.00. The summed E-state index contributed by atoms with van der Waals surface area (Å²) in [4.78, 5) is 28.6. The van der Waals surface area contributed by atoms with E-state index in [2.05, 4.69) is 0 Å². The maximum Gasteiger partial charge on any atom is 0.225 e. The van der Waals surface area contributed by atoms with Gasteiger partial charge in [-0.2, -0.15) is 0 Å². The molecule has 5 heteroatoms. The Bertz CT molecular complexity index is 463. The largest absolute Gasteiger partial charge is 0.375 e. The first-order valence-corrected chi connectivity index (χ1v) is 9.70. The lowest BCUT2D eigenvalue weighted by Crippen LogP contribution is -2.51. The molecule has 0 aliphatic carbocycles. The maximum atomic E-state index is 12.4. The van der Waals surface area contributed by atoms with Gasteiger partial charge in [0.05, 0.1) is 5.60 Å². The average Bonchev–Trinajstić information content (AvgIpc) is 3.09. The second-order valence-electron chi connectivity index (χ2n) is 8.16. The van der Waals surface area contributed by atoms with E-state index in [1.165, 1.54) is 0 Å². The molecule has 3 fully saturated rings. The Morgan fingerprint density at radius 3 is 2.38 bits per heavy atom. The van der Waals surface area contributed by atoms with Gasteiger partial charge in [0, 0.05) is 45.1 Å². The summed E-state index contributed by atoms with van der Waals surface area (Å²) in [5, 5.41) is 0. The second-order valence-corrected chi connectivity index (χ2v) is 8.16. The molecule has 0 aromatic heterocycles. The normalized spacial score (nSPS) is 27.0. The zero-order chi connectivity index (χ0) is 17.2. The molecule has 3 saturated heterocycles. The molecule has 2 amide bonds. The predicted octanol–water partition coefficient (Wildman–Crippen LogP) is 2.44. The lowest BCUT2D eigenvalue weighted by atomic mass is 9.78. The fourth-order valence-corrected chi connectivity index (χ4v) is 4.49. The van der Waals surface area contributed by atoms with Gasteiger partial charge in [0.1, 0.15) is 0 Å². The van der Waals surface area contributed by atoms with Gasteiger partial charge in [0.15, 0.2) is 0 Å². The van der Waals surface area contributed by atoms with Gasteiger partial charge in [0.2, 0.25) is 11.8 Å². The van der Waals surface area contributed by atoms with Crippen molar-refractivity contribution in [1.29, 1.82) is 0 Å². The first-order valence-electron chi connectivity index (χ1n) is 9.70. The molecular weight excluding hydrogens is 304 g/mol. The smallest absolute Gasteiger partial charge is 0.225 e. The minimum atomic E-state index is -0.0953. The molecular formula is C19H32N2O3. The van der Waals surface area contributed by atoms with E-state index >= 15 is 0 Å². The number of carbonyl (C=O) groups excluding carboxylic acids is 2. The molecule has 3 rings (SSSR count). The molecule has 0 aromatic rings. The molecule has 1 spiro atoms. The van der Waals surface area contributed by atoms with Gasteiger partial charge >= 0.3 is 0 Å². The van der Waals surface area contributed by atoms with E-state index in [0.717, 1.165) is 71.3 Å². The van der Waals surface area contributed by atoms with E-state index in [1.807, 2.05) is 23.6 Å². The topological polar surface area (TPSA) is 49.9 Å². The summed E-state index contributed by atoms with van der Waals surface area (Å²) in [6.45, 7) is 8.16. The minimum Gasteiger partial charge on any atom is -0.375 e. The summed E-state index contributed by atoms with van der Waals surface area (Å²) in [6.07, 6.45) is 6.80. The highest BCUT2D eigenvalue weighted by Crippen LogP contribution is 2.39. The number of nitrogens with zero attached hydrogens (tertiary/aromatic N) is 2. The Labute approximate surface area is 145 Å². The SMILES string of the molecule is CC(C)C(=O)N1CCC2(CC1)CC(CC(=O)N1CCCC1)CCO2. The van der Waals surface area contributed by atoms with Gasteiger partial charge in [-0.05, 0) is 44.4 Å². The molecule has 136 valence electrons. The van der Waals surface area contributed by atoms with E-state index in [1.54, 1.807) is 0 Å². The maximum absolute atomic E-state index is 12.4. The van der Waals surface area contributed by atoms with E-state index in [0.29, 0.717) is 18.2 Å². The van der Waals surface area contributed by atoms with Crippen molar-refractivity contribution in [3.8, 4) is 0 Å². The van der Waals surface area contributed by atoms with Gasteiger partial charge in [-0.3, -0.25) is 9.59 Å². The third-order valence-electron chi connectivity index (χ3n) is 6.00. The van der Waals surface area contributed by atoms with E-state index in [9.17, 15) is 9.59 Å². The quantitative estimate of drug-likeness (QED) is 0.795. The van der Waals surface area contributed by atoms with Crippen LogP contribution in [0.15, 0.2) is 0 Å². The molecule has 1 unspecified atom stereocenters. The van der Waals surface area contributed by atoms with Gasteiger partial charge in [-0.15, -0.1) is 0 Å².